The molecule has 0 aromatic rings. The molecule has 22 heavy (non-hydrogen) atoms. The van der Waals surface area contributed by atoms with Gasteiger partial charge in [-0.3, -0.25) is 9.59 Å². The van der Waals surface area contributed by atoms with Gasteiger partial charge in [-0.05, 0) is 19.8 Å². The van der Waals surface area contributed by atoms with Crippen LogP contribution in [-0.4, -0.2) is 35.4 Å². The number of unbranched alkanes of at least 4 members (excludes halogenated alkanes) is 1. The van der Waals surface area contributed by atoms with E-state index in [1.165, 1.54) is 6.92 Å². The Balaban J connectivity index is 4.64. The lowest BCUT2D eigenvalue weighted by atomic mass is 9.99. The summed E-state index contributed by atoms with van der Waals surface area (Å²) < 4.78 is 86.5. The van der Waals surface area contributed by atoms with Crippen molar-refractivity contribution in [3.8, 4) is 0 Å². The molecule has 10 heteroatoms. The summed E-state index contributed by atoms with van der Waals surface area (Å²) in [7, 11) is 0. The van der Waals surface area contributed by atoms with Crippen LogP contribution in [0.2, 0.25) is 0 Å². The standard InChI is InChI=1S/C12H13F7O3/c1-7(20)4-2-3-5-8(21)6-9(22)10(13,14)11(15,16)12(17,18)19/h2-6H2,1H3. The SMILES string of the molecule is CC(=O)CCCCC(=O)CC(=O)C(F)(F)C(F)(F)C(F)(F)F. The van der Waals surface area contributed by atoms with Crippen LogP contribution in [0, 0.1) is 0 Å². The molecule has 0 aliphatic carbocycles. The highest BCUT2D eigenvalue weighted by Gasteiger charge is 2.75. The van der Waals surface area contributed by atoms with Gasteiger partial charge in [-0.15, -0.1) is 0 Å². The van der Waals surface area contributed by atoms with Gasteiger partial charge in [-0.1, -0.05) is 0 Å². The summed E-state index contributed by atoms with van der Waals surface area (Å²) in [5.74, 6) is -16.7. The summed E-state index contributed by atoms with van der Waals surface area (Å²) in [4.78, 5) is 32.6. The monoisotopic (exact) mass is 338 g/mol. The van der Waals surface area contributed by atoms with Crippen molar-refractivity contribution in [2.75, 3.05) is 0 Å². The predicted octanol–water partition coefficient (Wildman–Crippen LogP) is 3.50. The maximum atomic E-state index is 12.9. The Morgan fingerprint density at radius 2 is 1.27 bits per heavy atom. The third-order valence-corrected chi connectivity index (χ3v) is 2.69. The molecule has 3 nitrogen and oxygen atoms in total. The summed E-state index contributed by atoms with van der Waals surface area (Å²) in [6.45, 7) is 1.27. The fourth-order valence-electron chi connectivity index (χ4n) is 1.43. The van der Waals surface area contributed by atoms with Crippen LogP contribution in [-0.2, 0) is 14.4 Å². The Hall–Kier alpha value is -1.48. The fraction of sp³-hybridized carbons (Fsp3) is 0.750. The zero-order valence-corrected chi connectivity index (χ0v) is 11.4. The quantitative estimate of drug-likeness (QED) is 0.367. The van der Waals surface area contributed by atoms with Crippen molar-refractivity contribution in [1.29, 1.82) is 0 Å². The van der Waals surface area contributed by atoms with Gasteiger partial charge in [0.05, 0.1) is 6.42 Å². The Bertz CT molecular complexity index is 440. The lowest BCUT2D eigenvalue weighted by Gasteiger charge is -2.26. The number of alkyl halides is 7. The highest BCUT2D eigenvalue weighted by atomic mass is 19.4. The highest BCUT2D eigenvalue weighted by Crippen LogP contribution is 2.47. The number of Topliss-reactive ketones (excluding diaryl/α,β-unsaturated/α-hetero) is 3. The zero-order valence-electron chi connectivity index (χ0n) is 11.4. The van der Waals surface area contributed by atoms with Gasteiger partial charge in [0.15, 0.2) is 0 Å². The molecule has 128 valence electrons. The lowest BCUT2D eigenvalue weighted by Crippen LogP contribution is -2.56. The van der Waals surface area contributed by atoms with E-state index < -0.39 is 42.4 Å². The number of halogens is 7. The first-order chi connectivity index (χ1) is 9.73. The van der Waals surface area contributed by atoms with Crippen molar-refractivity contribution >= 4 is 17.3 Å². The lowest BCUT2D eigenvalue weighted by molar-refractivity contribution is -0.343. The topological polar surface area (TPSA) is 51.2 Å². The third-order valence-electron chi connectivity index (χ3n) is 2.69. The second kappa shape index (κ2) is 7.19. The smallest absolute Gasteiger partial charge is 0.300 e. The number of carbonyl (C=O) groups is 3. The minimum Gasteiger partial charge on any atom is -0.300 e. The molecule has 0 N–H and O–H groups in total. The first kappa shape index (κ1) is 20.5. The predicted molar refractivity (Wildman–Crippen MR) is 59.7 cm³/mol. The molecule has 0 saturated carbocycles. The van der Waals surface area contributed by atoms with E-state index in [0.29, 0.717) is 0 Å². The molecule has 0 aliphatic rings. The molecule has 0 rings (SSSR count). The minimum atomic E-state index is -6.61. The molecule has 0 aliphatic heterocycles. The van der Waals surface area contributed by atoms with Crippen LogP contribution in [0.3, 0.4) is 0 Å². The Morgan fingerprint density at radius 3 is 1.68 bits per heavy atom. The van der Waals surface area contributed by atoms with Crippen LogP contribution in [0.25, 0.3) is 0 Å². The van der Waals surface area contributed by atoms with Crippen molar-refractivity contribution in [2.24, 2.45) is 0 Å². The van der Waals surface area contributed by atoms with E-state index in [4.69, 9.17) is 0 Å². The Labute approximate surface area is 120 Å². The van der Waals surface area contributed by atoms with E-state index in [2.05, 4.69) is 0 Å². The molecule has 0 atom stereocenters. The summed E-state index contributed by atoms with van der Waals surface area (Å²) in [5.41, 5.74) is 0. The molecule has 0 heterocycles. The summed E-state index contributed by atoms with van der Waals surface area (Å²) in [5, 5.41) is 0. The molecule has 0 unspecified atom stereocenters. The first-order valence-corrected chi connectivity index (χ1v) is 6.10. The van der Waals surface area contributed by atoms with E-state index in [-0.39, 0.29) is 25.0 Å². The van der Waals surface area contributed by atoms with Gasteiger partial charge in [0, 0.05) is 12.8 Å². The number of carbonyl (C=O) groups excluding carboxylic acids is 3. The molecular formula is C12H13F7O3. The Morgan fingerprint density at radius 1 is 0.818 bits per heavy atom. The van der Waals surface area contributed by atoms with Crippen LogP contribution in [0.15, 0.2) is 0 Å². The van der Waals surface area contributed by atoms with E-state index >= 15 is 0 Å². The average molecular weight is 338 g/mol. The molecule has 0 amide bonds. The minimum absolute atomic E-state index is 0.0347. The van der Waals surface area contributed by atoms with E-state index in [0.717, 1.165) is 0 Å². The van der Waals surface area contributed by atoms with Gasteiger partial charge in [-0.25, -0.2) is 0 Å². The molecular weight excluding hydrogens is 325 g/mol. The molecule has 0 radical (unpaired) electrons. The van der Waals surface area contributed by atoms with Gasteiger partial charge in [0.2, 0.25) is 5.78 Å². The molecule has 0 bridgehead atoms. The molecule has 0 aromatic heterocycles. The first-order valence-electron chi connectivity index (χ1n) is 6.10. The second-order valence-electron chi connectivity index (χ2n) is 4.69. The van der Waals surface area contributed by atoms with Crippen LogP contribution in [0.5, 0.6) is 0 Å². The van der Waals surface area contributed by atoms with Crippen LogP contribution >= 0.6 is 0 Å². The second-order valence-corrected chi connectivity index (χ2v) is 4.69. The van der Waals surface area contributed by atoms with E-state index in [1.807, 2.05) is 0 Å². The maximum Gasteiger partial charge on any atom is 0.460 e. The molecule has 0 aromatic carbocycles. The van der Waals surface area contributed by atoms with E-state index in [9.17, 15) is 45.1 Å². The normalized spacial score (nSPS) is 13.1. The largest absolute Gasteiger partial charge is 0.460 e. The van der Waals surface area contributed by atoms with Crippen LogP contribution in [0.4, 0.5) is 30.7 Å². The van der Waals surface area contributed by atoms with Gasteiger partial charge < -0.3 is 4.79 Å². The van der Waals surface area contributed by atoms with Gasteiger partial charge in [0.1, 0.15) is 11.6 Å². The zero-order chi connectivity index (χ0) is 17.8. The summed E-state index contributed by atoms with van der Waals surface area (Å²) >= 11 is 0. The van der Waals surface area contributed by atoms with Gasteiger partial charge in [0.25, 0.3) is 0 Å². The van der Waals surface area contributed by atoms with Crippen molar-refractivity contribution in [2.45, 2.75) is 57.0 Å². The highest BCUT2D eigenvalue weighted by molar-refractivity contribution is 6.02. The van der Waals surface area contributed by atoms with Crippen molar-refractivity contribution < 1.29 is 45.1 Å². The maximum absolute atomic E-state index is 12.9. The van der Waals surface area contributed by atoms with Gasteiger partial charge >= 0.3 is 18.0 Å². The third kappa shape index (κ3) is 5.06. The van der Waals surface area contributed by atoms with Crippen molar-refractivity contribution in [1.82, 2.24) is 0 Å². The summed E-state index contributed by atoms with van der Waals surface area (Å²) in [6, 6.07) is 0. The Kier molecular flexibility index (Phi) is 6.70. The average Bonchev–Trinajstić information content (AvgIpc) is 2.32. The van der Waals surface area contributed by atoms with Crippen LogP contribution < -0.4 is 0 Å². The fourth-order valence-corrected chi connectivity index (χ4v) is 1.43. The van der Waals surface area contributed by atoms with E-state index in [1.54, 1.807) is 0 Å². The molecule has 0 fully saturated rings. The van der Waals surface area contributed by atoms with Crippen molar-refractivity contribution in [3.63, 3.8) is 0 Å². The summed E-state index contributed by atoms with van der Waals surface area (Å²) in [6.07, 6.45) is -8.46. The van der Waals surface area contributed by atoms with Crippen molar-refractivity contribution in [3.05, 3.63) is 0 Å². The number of hydrogen-bond acceptors (Lipinski definition) is 3. The van der Waals surface area contributed by atoms with Gasteiger partial charge in [-0.2, -0.15) is 30.7 Å². The van der Waals surface area contributed by atoms with Crippen LogP contribution in [0.1, 0.15) is 39.0 Å². The number of hydrogen-bond donors (Lipinski definition) is 0. The number of ketones is 3. The molecule has 0 spiro atoms. The molecule has 0 saturated heterocycles. The number of rotatable bonds is 9.